The highest BCUT2D eigenvalue weighted by molar-refractivity contribution is 6.31. The molecule has 0 radical (unpaired) electrons. The van der Waals surface area contributed by atoms with E-state index in [4.69, 9.17) is 17.3 Å². The molecule has 2 nitrogen and oxygen atoms in total. The zero-order valence-electron chi connectivity index (χ0n) is 9.29. The average molecular weight is 246 g/mol. The third-order valence-electron chi connectivity index (χ3n) is 2.66. The number of aliphatic hydroxyl groups excluding tert-OH is 1. The lowest BCUT2D eigenvalue weighted by molar-refractivity contribution is 0.135. The van der Waals surface area contributed by atoms with Crippen LogP contribution in [0.4, 0.5) is 4.39 Å². The first-order valence-electron chi connectivity index (χ1n) is 5.43. The van der Waals surface area contributed by atoms with Crippen molar-refractivity contribution in [3.8, 4) is 0 Å². The molecule has 0 aliphatic rings. The van der Waals surface area contributed by atoms with Crippen molar-refractivity contribution >= 4 is 11.6 Å². The highest BCUT2D eigenvalue weighted by Gasteiger charge is 2.21. The van der Waals surface area contributed by atoms with Gasteiger partial charge in [-0.3, -0.25) is 0 Å². The number of halogens is 2. The van der Waals surface area contributed by atoms with Crippen LogP contribution in [0.15, 0.2) is 18.2 Å². The number of nitrogens with two attached hydrogens (primary N) is 1. The summed E-state index contributed by atoms with van der Waals surface area (Å²) in [7, 11) is 0. The summed E-state index contributed by atoms with van der Waals surface area (Å²) in [4.78, 5) is 0. The summed E-state index contributed by atoms with van der Waals surface area (Å²) in [6.45, 7) is 2.29. The largest absolute Gasteiger partial charge is 0.392 e. The van der Waals surface area contributed by atoms with Crippen molar-refractivity contribution in [3.63, 3.8) is 0 Å². The van der Waals surface area contributed by atoms with Gasteiger partial charge in [0.1, 0.15) is 5.82 Å². The Labute approximate surface area is 100 Å². The van der Waals surface area contributed by atoms with Crippen LogP contribution in [0.25, 0.3) is 0 Å². The quantitative estimate of drug-likeness (QED) is 0.838. The van der Waals surface area contributed by atoms with E-state index in [1.165, 1.54) is 12.1 Å². The molecule has 0 fully saturated rings. The Morgan fingerprint density at radius 2 is 2.19 bits per heavy atom. The molecule has 0 amide bonds. The van der Waals surface area contributed by atoms with Crippen LogP contribution >= 0.6 is 11.6 Å². The topological polar surface area (TPSA) is 46.2 Å². The van der Waals surface area contributed by atoms with Crippen LogP contribution in [0.3, 0.4) is 0 Å². The fourth-order valence-corrected chi connectivity index (χ4v) is 2.10. The molecular formula is C12H17ClFNO. The van der Waals surface area contributed by atoms with Crippen LogP contribution in [0.5, 0.6) is 0 Å². The highest BCUT2D eigenvalue weighted by atomic mass is 35.5. The first-order chi connectivity index (χ1) is 7.60. The van der Waals surface area contributed by atoms with Gasteiger partial charge >= 0.3 is 0 Å². The van der Waals surface area contributed by atoms with Gasteiger partial charge < -0.3 is 10.8 Å². The minimum Gasteiger partial charge on any atom is -0.392 e. The first kappa shape index (κ1) is 13.4. The Kier molecular flexibility index (Phi) is 5.19. The molecule has 16 heavy (non-hydrogen) atoms. The van der Waals surface area contributed by atoms with Crippen molar-refractivity contribution in [2.45, 2.75) is 31.8 Å². The van der Waals surface area contributed by atoms with E-state index in [1.54, 1.807) is 6.07 Å². The maximum Gasteiger partial charge on any atom is 0.124 e. The monoisotopic (exact) mass is 245 g/mol. The fraction of sp³-hybridized carbons (Fsp3) is 0.500. The van der Waals surface area contributed by atoms with Gasteiger partial charge in [-0.1, -0.05) is 31.0 Å². The number of hydrogen-bond acceptors (Lipinski definition) is 2. The third kappa shape index (κ3) is 3.17. The molecule has 0 saturated heterocycles. The van der Waals surface area contributed by atoms with Crippen molar-refractivity contribution < 1.29 is 9.50 Å². The zero-order valence-corrected chi connectivity index (χ0v) is 10.0. The van der Waals surface area contributed by atoms with Crippen LogP contribution in [-0.2, 0) is 0 Å². The molecule has 2 atom stereocenters. The van der Waals surface area contributed by atoms with E-state index in [0.717, 1.165) is 6.42 Å². The van der Waals surface area contributed by atoms with Crippen LogP contribution in [0, 0.1) is 5.82 Å². The fourth-order valence-electron chi connectivity index (χ4n) is 1.79. The van der Waals surface area contributed by atoms with Gasteiger partial charge in [0.05, 0.1) is 6.10 Å². The molecule has 0 aromatic heterocycles. The lowest BCUT2D eigenvalue weighted by atomic mass is 9.91. The van der Waals surface area contributed by atoms with Gasteiger partial charge in [0, 0.05) is 17.5 Å². The van der Waals surface area contributed by atoms with Crippen molar-refractivity contribution in [1.29, 1.82) is 0 Å². The molecule has 90 valence electrons. The lowest BCUT2D eigenvalue weighted by Crippen LogP contribution is -2.26. The molecule has 1 aromatic carbocycles. The normalized spacial score (nSPS) is 14.8. The summed E-state index contributed by atoms with van der Waals surface area (Å²) < 4.78 is 12.9. The van der Waals surface area contributed by atoms with Gasteiger partial charge in [0.15, 0.2) is 0 Å². The number of aliphatic hydroxyl groups is 1. The van der Waals surface area contributed by atoms with Gasteiger partial charge in [-0.25, -0.2) is 4.39 Å². The second-order valence-corrected chi connectivity index (χ2v) is 4.27. The first-order valence-corrected chi connectivity index (χ1v) is 5.81. The van der Waals surface area contributed by atoms with Gasteiger partial charge in [-0.15, -0.1) is 0 Å². The number of rotatable bonds is 5. The van der Waals surface area contributed by atoms with Crippen molar-refractivity contribution in [3.05, 3.63) is 34.6 Å². The predicted molar refractivity (Wildman–Crippen MR) is 64.1 cm³/mol. The number of hydrogen-bond donors (Lipinski definition) is 2. The van der Waals surface area contributed by atoms with Gasteiger partial charge in [0.2, 0.25) is 0 Å². The standard InChI is InChI=1S/C12H17ClFNO/c1-2-3-12(16)10(7-15)9-5-4-8(14)6-11(9)13/h4-6,10,12,16H,2-3,7,15H2,1H3. The van der Waals surface area contributed by atoms with E-state index in [0.29, 0.717) is 23.6 Å². The summed E-state index contributed by atoms with van der Waals surface area (Å²) in [6.07, 6.45) is 1.00. The molecule has 0 saturated carbocycles. The highest BCUT2D eigenvalue weighted by Crippen LogP contribution is 2.28. The van der Waals surface area contributed by atoms with Crippen LogP contribution in [0.2, 0.25) is 5.02 Å². The summed E-state index contributed by atoms with van der Waals surface area (Å²) in [6, 6.07) is 4.18. The zero-order chi connectivity index (χ0) is 12.1. The third-order valence-corrected chi connectivity index (χ3v) is 2.99. The maximum atomic E-state index is 12.9. The van der Waals surface area contributed by atoms with E-state index in [9.17, 15) is 9.50 Å². The Morgan fingerprint density at radius 1 is 1.50 bits per heavy atom. The average Bonchev–Trinajstić information content (AvgIpc) is 2.22. The molecule has 3 N–H and O–H groups in total. The second kappa shape index (κ2) is 6.18. The molecule has 0 aliphatic carbocycles. The number of benzene rings is 1. The van der Waals surface area contributed by atoms with E-state index in [1.807, 2.05) is 6.92 Å². The molecule has 0 heterocycles. The Morgan fingerprint density at radius 3 is 2.69 bits per heavy atom. The van der Waals surface area contributed by atoms with Crippen LogP contribution < -0.4 is 5.73 Å². The van der Waals surface area contributed by atoms with Crippen molar-refractivity contribution in [1.82, 2.24) is 0 Å². The molecule has 0 aliphatic heterocycles. The van der Waals surface area contributed by atoms with Gasteiger partial charge in [-0.05, 0) is 24.1 Å². The predicted octanol–water partition coefficient (Wildman–Crippen LogP) is 2.68. The Bertz CT molecular complexity index is 346. The Hall–Kier alpha value is -0.640. The molecule has 1 rings (SSSR count). The second-order valence-electron chi connectivity index (χ2n) is 3.86. The van der Waals surface area contributed by atoms with Gasteiger partial charge in [-0.2, -0.15) is 0 Å². The summed E-state index contributed by atoms with van der Waals surface area (Å²) in [5, 5.41) is 10.2. The van der Waals surface area contributed by atoms with Crippen LogP contribution in [-0.4, -0.2) is 17.8 Å². The van der Waals surface area contributed by atoms with E-state index >= 15 is 0 Å². The molecule has 4 heteroatoms. The summed E-state index contributed by atoms with van der Waals surface area (Å²) in [5.74, 6) is -0.609. The van der Waals surface area contributed by atoms with E-state index < -0.39 is 6.10 Å². The minimum atomic E-state index is -0.530. The summed E-state index contributed by atoms with van der Waals surface area (Å²) >= 11 is 5.94. The SMILES string of the molecule is CCCC(O)C(CN)c1ccc(F)cc1Cl. The molecule has 1 aromatic rings. The minimum absolute atomic E-state index is 0.229. The smallest absolute Gasteiger partial charge is 0.124 e. The lowest BCUT2D eigenvalue weighted by Gasteiger charge is -2.22. The van der Waals surface area contributed by atoms with Crippen LogP contribution in [0.1, 0.15) is 31.2 Å². The Balaban J connectivity index is 2.94. The van der Waals surface area contributed by atoms with Gasteiger partial charge in [0.25, 0.3) is 0 Å². The molecular weight excluding hydrogens is 229 g/mol. The maximum absolute atomic E-state index is 12.9. The molecule has 0 bridgehead atoms. The van der Waals surface area contributed by atoms with Crippen molar-refractivity contribution in [2.24, 2.45) is 5.73 Å². The van der Waals surface area contributed by atoms with E-state index in [-0.39, 0.29) is 11.7 Å². The molecule has 2 unspecified atom stereocenters. The molecule has 0 spiro atoms. The van der Waals surface area contributed by atoms with E-state index in [2.05, 4.69) is 0 Å². The summed E-state index contributed by atoms with van der Waals surface area (Å²) in [5.41, 5.74) is 6.34. The van der Waals surface area contributed by atoms with Crippen molar-refractivity contribution in [2.75, 3.05) is 6.54 Å².